The Morgan fingerprint density at radius 2 is 2.04 bits per heavy atom. The fourth-order valence-electron chi connectivity index (χ4n) is 3.58. The van der Waals surface area contributed by atoms with Crippen LogP contribution in [0.2, 0.25) is 0 Å². The molecule has 2 saturated heterocycles. The standard InChI is InChI=1S/C14H21N5O3.ClH/c1-2-3-11-13(19(21)22)12(18-17-11)14(20)16-10-6-8-4-5-9(7-10)15-8;/h8-10,15H,2-7H2,1H3,(H,16,20)(H,17,18);1H. The van der Waals surface area contributed by atoms with Gasteiger partial charge in [0.2, 0.25) is 5.69 Å². The van der Waals surface area contributed by atoms with Gasteiger partial charge in [0.25, 0.3) is 5.91 Å². The van der Waals surface area contributed by atoms with Crippen molar-refractivity contribution in [1.29, 1.82) is 0 Å². The number of hydrogen-bond acceptors (Lipinski definition) is 5. The number of H-pyrrole nitrogens is 1. The molecule has 8 nitrogen and oxygen atoms in total. The van der Waals surface area contributed by atoms with Crippen molar-refractivity contribution in [3.8, 4) is 0 Å². The summed E-state index contributed by atoms with van der Waals surface area (Å²) < 4.78 is 0. The summed E-state index contributed by atoms with van der Waals surface area (Å²) in [5, 5.41) is 24.2. The molecule has 2 aliphatic rings. The van der Waals surface area contributed by atoms with Crippen LogP contribution in [0.5, 0.6) is 0 Å². The molecule has 1 amide bonds. The normalized spacial score (nSPS) is 25.7. The number of hydrogen-bond donors (Lipinski definition) is 3. The van der Waals surface area contributed by atoms with Gasteiger partial charge < -0.3 is 10.6 Å². The molecule has 2 fully saturated rings. The molecule has 0 radical (unpaired) electrons. The van der Waals surface area contributed by atoms with Crippen molar-refractivity contribution in [3.05, 3.63) is 21.5 Å². The molecular weight excluding hydrogens is 322 g/mol. The lowest BCUT2D eigenvalue weighted by Gasteiger charge is -2.29. The SMILES string of the molecule is CCCc1[nH]nc(C(=O)NC2CC3CCC(C2)N3)c1[N+](=O)[O-].Cl. The molecule has 1 aromatic heterocycles. The molecule has 3 rings (SSSR count). The third kappa shape index (κ3) is 3.64. The van der Waals surface area contributed by atoms with Crippen molar-refractivity contribution in [3.63, 3.8) is 0 Å². The molecule has 2 atom stereocenters. The molecular formula is C14H22ClN5O3. The van der Waals surface area contributed by atoms with E-state index in [4.69, 9.17) is 0 Å². The third-order valence-corrected chi connectivity index (χ3v) is 4.52. The maximum Gasteiger partial charge on any atom is 0.322 e. The number of piperidine rings is 1. The van der Waals surface area contributed by atoms with Crippen LogP contribution in [0.1, 0.15) is 55.2 Å². The molecule has 23 heavy (non-hydrogen) atoms. The number of nitrogens with zero attached hydrogens (tertiary/aromatic N) is 2. The fraction of sp³-hybridized carbons (Fsp3) is 0.714. The zero-order chi connectivity index (χ0) is 15.7. The summed E-state index contributed by atoms with van der Waals surface area (Å²) in [6, 6.07) is 0.972. The number of aromatic nitrogens is 2. The summed E-state index contributed by atoms with van der Waals surface area (Å²) >= 11 is 0. The van der Waals surface area contributed by atoms with Crippen LogP contribution in [0.15, 0.2) is 0 Å². The minimum Gasteiger partial charge on any atom is -0.348 e. The summed E-state index contributed by atoms with van der Waals surface area (Å²) in [7, 11) is 0. The Balaban J connectivity index is 0.00000192. The van der Waals surface area contributed by atoms with Gasteiger partial charge in [-0.2, -0.15) is 5.10 Å². The van der Waals surface area contributed by atoms with Crippen LogP contribution in [0.4, 0.5) is 5.69 Å². The average molecular weight is 344 g/mol. The lowest BCUT2D eigenvalue weighted by atomic mass is 9.99. The van der Waals surface area contributed by atoms with Crippen molar-refractivity contribution in [2.24, 2.45) is 0 Å². The highest BCUT2D eigenvalue weighted by Gasteiger charge is 2.36. The smallest absolute Gasteiger partial charge is 0.322 e. The number of amides is 1. The monoisotopic (exact) mass is 343 g/mol. The second-order valence-corrected chi connectivity index (χ2v) is 6.19. The molecule has 0 saturated carbocycles. The van der Waals surface area contributed by atoms with E-state index in [1.165, 1.54) is 0 Å². The van der Waals surface area contributed by atoms with E-state index in [9.17, 15) is 14.9 Å². The fourth-order valence-corrected chi connectivity index (χ4v) is 3.58. The molecule has 128 valence electrons. The molecule has 0 aromatic carbocycles. The van der Waals surface area contributed by atoms with Crippen LogP contribution in [0.3, 0.4) is 0 Å². The van der Waals surface area contributed by atoms with E-state index < -0.39 is 10.8 Å². The van der Waals surface area contributed by atoms with E-state index in [0.717, 1.165) is 32.1 Å². The Kier molecular flexibility index (Phi) is 5.59. The zero-order valence-electron chi connectivity index (χ0n) is 13.0. The maximum atomic E-state index is 12.4. The first-order valence-electron chi connectivity index (χ1n) is 7.87. The van der Waals surface area contributed by atoms with Crippen molar-refractivity contribution in [2.45, 2.75) is 63.6 Å². The van der Waals surface area contributed by atoms with Gasteiger partial charge in [0.15, 0.2) is 0 Å². The van der Waals surface area contributed by atoms with Crippen molar-refractivity contribution < 1.29 is 9.72 Å². The minimum atomic E-state index is -0.518. The quantitative estimate of drug-likeness (QED) is 0.556. The van der Waals surface area contributed by atoms with Gasteiger partial charge in [0, 0.05) is 18.1 Å². The Labute approximate surface area is 140 Å². The predicted molar refractivity (Wildman–Crippen MR) is 86.9 cm³/mol. The van der Waals surface area contributed by atoms with Crippen molar-refractivity contribution in [2.75, 3.05) is 0 Å². The first kappa shape index (κ1) is 17.7. The molecule has 1 aromatic rings. The van der Waals surface area contributed by atoms with Crippen LogP contribution in [0.25, 0.3) is 0 Å². The lowest BCUT2D eigenvalue weighted by molar-refractivity contribution is -0.385. The van der Waals surface area contributed by atoms with Crippen LogP contribution in [-0.2, 0) is 6.42 Å². The number of aryl methyl sites for hydroxylation is 1. The summed E-state index contributed by atoms with van der Waals surface area (Å²) in [6.45, 7) is 1.93. The second kappa shape index (κ2) is 7.27. The maximum absolute atomic E-state index is 12.4. The molecule has 2 aliphatic heterocycles. The van der Waals surface area contributed by atoms with Crippen LogP contribution in [-0.4, -0.2) is 39.2 Å². The number of carbonyl (C=O) groups excluding carboxylic acids is 1. The van der Waals surface area contributed by atoms with E-state index in [2.05, 4.69) is 20.8 Å². The molecule has 3 heterocycles. The van der Waals surface area contributed by atoms with Gasteiger partial charge in [-0.3, -0.25) is 20.0 Å². The van der Waals surface area contributed by atoms with Gasteiger partial charge in [0.05, 0.1) is 4.92 Å². The first-order chi connectivity index (χ1) is 10.6. The summed E-state index contributed by atoms with van der Waals surface area (Å²) in [6.07, 6.45) is 5.29. The van der Waals surface area contributed by atoms with Gasteiger partial charge in [-0.05, 0) is 32.1 Å². The highest BCUT2D eigenvalue weighted by molar-refractivity contribution is 5.96. The molecule has 3 N–H and O–H groups in total. The van der Waals surface area contributed by atoms with Crippen LogP contribution in [0, 0.1) is 10.1 Å². The molecule has 2 bridgehead atoms. The number of fused-ring (bicyclic) bond motifs is 2. The van der Waals surface area contributed by atoms with Gasteiger partial charge in [0.1, 0.15) is 5.69 Å². The Hall–Kier alpha value is -1.67. The number of nitro groups is 1. The van der Waals surface area contributed by atoms with E-state index in [1.807, 2.05) is 6.92 Å². The molecule has 0 aliphatic carbocycles. The van der Waals surface area contributed by atoms with Crippen molar-refractivity contribution in [1.82, 2.24) is 20.8 Å². The zero-order valence-corrected chi connectivity index (χ0v) is 13.8. The first-order valence-corrected chi connectivity index (χ1v) is 7.87. The lowest BCUT2D eigenvalue weighted by Crippen LogP contribution is -2.48. The number of carbonyl (C=O) groups is 1. The largest absolute Gasteiger partial charge is 0.348 e. The highest BCUT2D eigenvalue weighted by Crippen LogP contribution is 2.28. The second-order valence-electron chi connectivity index (χ2n) is 6.19. The molecule has 2 unspecified atom stereocenters. The Bertz CT molecular complexity index is 579. The van der Waals surface area contributed by atoms with E-state index in [0.29, 0.717) is 24.2 Å². The van der Waals surface area contributed by atoms with Crippen LogP contribution < -0.4 is 10.6 Å². The van der Waals surface area contributed by atoms with Gasteiger partial charge in [-0.25, -0.2) is 0 Å². The minimum absolute atomic E-state index is 0. The highest BCUT2D eigenvalue weighted by atomic mass is 35.5. The third-order valence-electron chi connectivity index (χ3n) is 4.52. The number of nitrogens with one attached hydrogen (secondary N) is 3. The van der Waals surface area contributed by atoms with Gasteiger partial charge >= 0.3 is 5.69 Å². The predicted octanol–water partition coefficient (Wildman–Crippen LogP) is 1.71. The van der Waals surface area contributed by atoms with E-state index >= 15 is 0 Å². The van der Waals surface area contributed by atoms with Crippen molar-refractivity contribution >= 4 is 24.0 Å². The number of rotatable bonds is 5. The Morgan fingerprint density at radius 3 is 2.61 bits per heavy atom. The Morgan fingerprint density at radius 1 is 1.39 bits per heavy atom. The molecule has 0 spiro atoms. The number of aromatic amines is 1. The van der Waals surface area contributed by atoms with Gasteiger partial charge in [-0.15, -0.1) is 12.4 Å². The van der Waals surface area contributed by atoms with Gasteiger partial charge in [-0.1, -0.05) is 13.3 Å². The van der Waals surface area contributed by atoms with E-state index in [1.54, 1.807) is 0 Å². The summed E-state index contributed by atoms with van der Waals surface area (Å²) in [4.78, 5) is 23.1. The summed E-state index contributed by atoms with van der Waals surface area (Å²) in [5.74, 6) is -0.448. The van der Waals surface area contributed by atoms with Crippen LogP contribution >= 0.6 is 12.4 Å². The average Bonchev–Trinajstić information content (AvgIpc) is 3.03. The topological polar surface area (TPSA) is 113 Å². The summed E-state index contributed by atoms with van der Waals surface area (Å²) in [5.41, 5.74) is 0.138. The van der Waals surface area contributed by atoms with E-state index in [-0.39, 0.29) is 29.8 Å². The molecule has 9 heteroatoms. The number of halogens is 1.